The fourth-order valence-corrected chi connectivity index (χ4v) is 2.57. The number of aliphatic hydroxyl groups excluding tert-OH is 1. The van der Waals surface area contributed by atoms with Crippen LogP contribution in [0.5, 0.6) is 11.5 Å². The van der Waals surface area contributed by atoms with Crippen LogP contribution in [-0.2, 0) is 11.4 Å². The number of carboxylic acid groups (broad SMARTS) is 1. The Morgan fingerprint density at radius 3 is 2.50 bits per heavy atom. The van der Waals surface area contributed by atoms with E-state index < -0.39 is 25.0 Å². The van der Waals surface area contributed by atoms with Gasteiger partial charge in [-0.1, -0.05) is 30.3 Å². The summed E-state index contributed by atoms with van der Waals surface area (Å²) < 4.78 is 5.87. The molecule has 7 heteroatoms. The summed E-state index contributed by atoms with van der Waals surface area (Å²) in [4.78, 5) is 26.9. The summed E-state index contributed by atoms with van der Waals surface area (Å²) in [6.07, 6.45) is 1.47. The van der Waals surface area contributed by atoms with Crippen molar-refractivity contribution in [2.24, 2.45) is 0 Å². The van der Waals surface area contributed by atoms with Crippen molar-refractivity contribution in [1.82, 2.24) is 10.3 Å². The highest BCUT2D eigenvalue weighted by molar-refractivity contribution is 6.01. The Kier molecular flexibility index (Phi) is 5.09. The third kappa shape index (κ3) is 3.62. The van der Waals surface area contributed by atoms with Crippen LogP contribution >= 0.6 is 0 Å². The summed E-state index contributed by atoms with van der Waals surface area (Å²) in [5, 5.41) is 21.9. The molecule has 0 aliphatic rings. The van der Waals surface area contributed by atoms with E-state index in [1.54, 1.807) is 18.2 Å². The minimum absolute atomic E-state index is 0.0156. The molecular formula is C19H16N2O5. The van der Waals surface area contributed by atoms with E-state index in [-0.39, 0.29) is 5.69 Å². The second kappa shape index (κ2) is 7.62. The number of para-hydroxylation sites is 1. The number of carbonyl (C=O) groups is 2. The third-order valence-electron chi connectivity index (χ3n) is 3.74. The van der Waals surface area contributed by atoms with Crippen LogP contribution in [0.15, 0.2) is 54.7 Å². The average molecular weight is 352 g/mol. The fraction of sp³-hybridized carbons (Fsp3) is 0.105. The Hall–Kier alpha value is -3.45. The van der Waals surface area contributed by atoms with Crippen LogP contribution < -0.4 is 10.1 Å². The molecule has 7 nitrogen and oxygen atoms in total. The number of hydrogen-bond donors (Lipinski definition) is 3. The molecule has 1 aromatic heterocycles. The number of aliphatic carboxylic acids is 1. The number of pyridine rings is 1. The molecule has 0 bridgehead atoms. The quantitative estimate of drug-likeness (QED) is 0.628. The second-order valence-electron chi connectivity index (χ2n) is 5.45. The number of carboxylic acids is 1. The number of ether oxygens (including phenoxy) is 1. The number of aliphatic hydroxyl groups is 1. The molecular weight excluding hydrogens is 336 g/mol. The Bertz CT molecular complexity index is 957. The molecule has 0 fully saturated rings. The number of nitrogens with zero attached hydrogens (tertiary/aromatic N) is 1. The first-order chi connectivity index (χ1) is 12.6. The molecule has 0 atom stereocenters. The zero-order valence-electron chi connectivity index (χ0n) is 13.7. The molecule has 0 saturated heterocycles. The highest BCUT2D eigenvalue weighted by Crippen LogP contribution is 2.32. The van der Waals surface area contributed by atoms with Gasteiger partial charge in [0.25, 0.3) is 5.91 Å². The summed E-state index contributed by atoms with van der Waals surface area (Å²) >= 11 is 0. The molecule has 1 heterocycles. The Labute approximate surface area is 148 Å². The number of carbonyl (C=O) groups excluding carboxylic acids is 1. The molecule has 3 N–H and O–H groups in total. The van der Waals surface area contributed by atoms with Crippen LogP contribution in [0.1, 0.15) is 16.1 Å². The lowest BCUT2D eigenvalue weighted by Crippen LogP contribution is -2.30. The Balaban J connectivity index is 2.02. The van der Waals surface area contributed by atoms with Gasteiger partial charge < -0.3 is 20.3 Å². The van der Waals surface area contributed by atoms with Gasteiger partial charge in [-0.25, -0.2) is 4.98 Å². The van der Waals surface area contributed by atoms with Gasteiger partial charge in [-0.05, 0) is 23.6 Å². The monoisotopic (exact) mass is 352 g/mol. The molecule has 0 aliphatic carbocycles. The standard InChI is InChI=1S/C19H16N2O5/c22-11-15-13-7-4-8-16(26-12-5-2-1-3-6-12)14(13)9-20-18(15)19(25)21-10-17(23)24/h1-9,22H,10-11H2,(H,21,25)(H,23,24). The van der Waals surface area contributed by atoms with E-state index >= 15 is 0 Å². The number of fused-ring (bicyclic) bond motifs is 1. The molecule has 3 rings (SSSR count). The van der Waals surface area contributed by atoms with Crippen molar-refractivity contribution in [3.8, 4) is 11.5 Å². The van der Waals surface area contributed by atoms with Crippen molar-refractivity contribution >= 4 is 22.6 Å². The molecule has 3 aromatic rings. The van der Waals surface area contributed by atoms with E-state index in [0.717, 1.165) is 0 Å². The van der Waals surface area contributed by atoms with Gasteiger partial charge in [0.15, 0.2) is 0 Å². The largest absolute Gasteiger partial charge is 0.480 e. The Morgan fingerprint density at radius 1 is 1.04 bits per heavy atom. The van der Waals surface area contributed by atoms with Crippen LogP contribution in [0.4, 0.5) is 0 Å². The summed E-state index contributed by atoms with van der Waals surface area (Å²) in [7, 11) is 0. The molecule has 132 valence electrons. The van der Waals surface area contributed by atoms with Crippen molar-refractivity contribution in [3.05, 3.63) is 66.0 Å². The van der Waals surface area contributed by atoms with Gasteiger partial charge >= 0.3 is 5.97 Å². The van der Waals surface area contributed by atoms with Gasteiger partial charge in [-0.15, -0.1) is 0 Å². The number of amides is 1. The number of rotatable bonds is 6. The van der Waals surface area contributed by atoms with Crippen LogP contribution in [0.3, 0.4) is 0 Å². The predicted molar refractivity (Wildman–Crippen MR) is 94.2 cm³/mol. The topological polar surface area (TPSA) is 109 Å². The summed E-state index contributed by atoms with van der Waals surface area (Å²) in [6, 6.07) is 14.5. The van der Waals surface area contributed by atoms with Gasteiger partial charge in [0, 0.05) is 17.1 Å². The molecule has 0 saturated carbocycles. The molecule has 0 radical (unpaired) electrons. The van der Waals surface area contributed by atoms with Crippen LogP contribution in [0, 0.1) is 0 Å². The van der Waals surface area contributed by atoms with E-state index in [1.165, 1.54) is 6.20 Å². The van der Waals surface area contributed by atoms with E-state index in [1.807, 2.05) is 30.3 Å². The summed E-state index contributed by atoms with van der Waals surface area (Å²) in [5.74, 6) is -0.641. The molecule has 2 aromatic carbocycles. The first-order valence-corrected chi connectivity index (χ1v) is 7.84. The lowest BCUT2D eigenvalue weighted by atomic mass is 10.0. The summed E-state index contributed by atoms with van der Waals surface area (Å²) in [5.41, 5.74) is 0.294. The molecule has 0 aliphatic heterocycles. The van der Waals surface area contributed by atoms with Gasteiger partial charge in [-0.3, -0.25) is 9.59 Å². The smallest absolute Gasteiger partial charge is 0.322 e. The van der Waals surface area contributed by atoms with Crippen molar-refractivity contribution in [2.45, 2.75) is 6.61 Å². The molecule has 0 spiro atoms. The first-order valence-electron chi connectivity index (χ1n) is 7.84. The number of benzene rings is 2. The maximum Gasteiger partial charge on any atom is 0.322 e. The maximum absolute atomic E-state index is 12.2. The molecule has 0 unspecified atom stereocenters. The number of hydrogen-bond acceptors (Lipinski definition) is 5. The van der Waals surface area contributed by atoms with Crippen molar-refractivity contribution < 1.29 is 24.5 Å². The summed E-state index contributed by atoms with van der Waals surface area (Å²) in [6.45, 7) is -0.949. The fourth-order valence-electron chi connectivity index (χ4n) is 2.57. The van der Waals surface area contributed by atoms with Gasteiger partial charge in [0.2, 0.25) is 0 Å². The van der Waals surface area contributed by atoms with Gasteiger partial charge in [0.05, 0.1) is 6.61 Å². The molecule has 26 heavy (non-hydrogen) atoms. The minimum atomic E-state index is -1.16. The van der Waals surface area contributed by atoms with Gasteiger partial charge in [0.1, 0.15) is 23.7 Å². The van der Waals surface area contributed by atoms with Crippen LogP contribution in [0.2, 0.25) is 0 Å². The Morgan fingerprint density at radius 2 is 1.81 bits per heavy atom. The number of nitrogens with one attached hydrogen (secondary N) is 1. The zero-order chi connectivity index (χ0) is 18.5. The van der Waals surface area contributed by atoms with Crippen LogP contribution in [-0.4, -0.2) is 33.6 Å². The zero-order valence-corrected chi connectivity index (χ0v) is 13.7. The SMILES string of the molecule is O=C(O)CNC(=O)c1ncc2c(Oc3ccccc3)cccc2c1CO. The highest BCUT2D eigenvalue weighted by Gasteiger charge is 2.18. The normalized spacial score (nSPS) is 10.5. The van der Waals surface area contributed by atoms with E-state index in [9.17, 15) is 14.7 Å². The van der Waals surface area contributed by atoms with Crippen molar-refractivity contribution in [2.75, 3.05) is 6.54 Å². The maximum atomic E-state index is 12.2. The third-order valence-corrected chi connectivity index (χ3v) is 3.74. The van der Waals surface area contributed by atoms with Crippen molar-refractivity contribution in [3.63, 3.8) is 0 Å². The van der Waals surface area contributed by atoms with E-state index in [0.29, 0.717) is 27.8 Å². The highest BCUT2D eigenvalue weighted by atomic mass is 16.5. The first kappa shape index (κ1) is 17.4. The van der Waals surface area contributed by atoms with E-state index in [4.69, 9.17) is 9.84 Å². The van der Waals surface area contributed by atoms with Gasteiger partial charge in [-0.2, -0.15) is 0 Å². The molecule has 1 amide bonds. The van der Waals surface area contributed by atoms with Crippen molar-refractivity contribution in [1.29, 1.82) is 0 Å². The van der Waals surface area contributed by atoms with E-state index in [2.05, 4.69) is 10.3 Å². The second-order valence-corrected chi connectivity index (χ2v) is 5.45. The minimum Gasteiger partial charge on any atom is -0.480 e. The van der Waals surface area contributed by atoms with Crippen LogP contribution in [0.25, 0.3) is 10.8 Å². The number of aromatic nitrogens is 1. The lowest BCUT2D eigenvalue weighted by Gasteiger charge is -2.13. The average Bonchev–Trinajstić information content (AvgIpc) is 2.66. The lowest BCUT2D eigenvalue weighted by molar-refractivity contribution is -0.135. The predicted octanol–water partition coefficient (Wildman–Crippen LogP) is 2.33.